The minimum atomic E-state index is -1.26. The molecule has 30 heavy (non-hydrogen) atoms. The summed E-state index contributed by atoms with van der Waals surface area (Å²) in [6.07, 6.45) is 2.30. The summed E-state index contributed by atoms with van der Waals surface area (Å²) < 4.78 is 7.88. The number of fused-ring (bicyclic) bond motifs is 1. The molecule has 1 aromatic carbocycles. The number of aromatic nitrogens is 2. The average Bonchev–Trinajstić information content (AvgIpc) is 2.94. The number of aliphatic carboxylic acids is 2. The highest BCUT2D eigenvalue weighted by atomic mass is 16.5. The van der Waals surface area contributed by atoms with Gasteiger partial charge in [0.1, 0.15) is 0 Å². The molecule has 1 saturated heterocycles. The van der Waals surface area contributed by atoms with Crippen molar-refractivity contribution in [1.29, 1.82) is 0 Å². The second-order valence-corrected chi connectivity index (χ2v) is 6.90. The third-order valence-corrected chi connectivity index (χ3v) is 4.67. The minimum Gasteiger partial charge on any atom is -0.478 e. The molecular formula is C21H30N4O5. The van der Waals surface area contributed by atoms with E-state index in [2.05, 4.69) is 45.7 Å². The van der Waals surface area contributed by atoms with Gasteiger partial charge in [0.15, 0.2) is 0 Å². The Balaban J connectivity index is 0.000000343. The third kappa shape index (κ3) is 7.16. The molecule has 3 rings (SSSR count). The van der Waals surface area contributed by atoms with Gasteiger partial charge in [-0.2, -0.15) is 0 Å². The predicted molar refractivity (Wildman–Crippen MR) is 115 cm³/mol. The number of rotatable bonds is 7. The molecule has 0 radical (unpaired) electrons. The van der Waals surface area contributed by atoms with E-state index >= 15 is 0 Å². The molecular weight excluding hydrogens is 388 g/mol. The molecule has 9 heteroatoms. The van der Waals surface area contributed by atoms with Gasteiger partial charge in [-0.15, -0.1) is 0 Å². The van der Waals surface area contributed by atoms with E-state index in [1.165, 1.54) is 11.9 Å². The number of hydrogen-bond acceptors (Lipinski definition) is 6. The Bertz CT molecular complexity index is 848. The molecule has 1 aromatic heterocycles. The Hall–Kier alpha value is -2.91. The van der Waals surface area contributed by atoms with E-state index < -0.39 is 11.9 Å². The van der Waals surface area contributed by atoms with E-state index in [9.17, 15) is 9.59 Å². The van der Waals surface area contributed by atoms with Crippen LogP contribution in [0.4, 0.5) is 5.95 Å². The van der Waals surface area contributed by atoms with Crippen molar-refractivity contribution < 1.29 is 24.5 Å². The molecule has 0 saturated carbocycles. The molecule has 0 unspecified atom stereocenters. The van der Waals surface area contributed by atoms with E-state index in [1.807, 2.05) is 6.92 Å². The molecule has 1 aliphatic rings. The highest BCUT2D eigenvalue weighted by molar-refractivity contribution is 5.89. The van der Waals surface area contributed by atoms with Crippen molar-refractivity contribution in [3.05, 3.63) is 36.4 Å². The van der Waals surface area contributed by atoms with Gasteiger partial charge in [-0.3, -0.25) is 0 Å². The fourth-order valence-corrected chi connectivity index (χ4v) is 3.21. The van der Waals surface area contributed by atoms with Crippen LogP contribution in [0.5, 0.6) is 0 Å². The monoisotopic (exact) mass is 418 g/mol. The molecule has 0 amide bonds. The molecule has 0 bridgehead atoms. The van der Waals surface area contributed by atoms with Crippen LogP contribution < -0.4 is 4.90 Å². The number of nitrogens with zero attached hydrogens (tertiary/aromatic N) is 4. The van der Waals surface area contributed by atoms with Crippen LogP contribution in [0.15, 0.2) is 36.4 Å². The topological polar surface area (TPSA) is 108 Å². The molecule has 2 heterocycles. The van der Waals surface area contributed by atoms with Crippen molar-refractivity contribution in [1.82, 2.24) is 14.5 Å². The SMILES string of the molecule is CCOCCn1c(N2CCCN(C)CC2)nc2ccccc21.O=C(O)/C=C/C(=O)O. The van der Waals surface area contributed by atoms with E-state index in [0.29, 0.717) is 12.2 Å². The lowest BCUT2D eigenvalue weighted by Crippen LogP contribution is -2.31. The van der Waals surface area contributed by atoms with Crippen molar-refractivity contribution in [3.8, 4) is 0 Å². The number of hydrogen-bond donors (Lipinski definition) is 2. The van der Waals surface area contributed by atoms with Gasteiger partial charge in [-0.05, 0) is 39.1 Å². The van der Waals surface area contributed by atoms with E-state index in [1.54, 1.807) is 0 Å². The van der Waals surface area contributed by atoms with Gasteiger partial charge in [-0.25, -0.2) is 14.6 Å². The van der Waals surface area contributed by atoms with E-state index in [0.717, 1.165) is 57.4 Å². The second-order valence-electron chi connectivity index (χ2n) is 6.90. The summed E-state index contributed by atoms with van der Waals surface area (Å²) in [4.78, 5) is 28.8. The zero-order chi connectivity index (χ0) is 21.9. The first-order valence-corrected chi connectivity index (χ1v) is 10.0. The summed E-state index contributed by atoms with van der Waals surface area (Å²) in [5.74, 6) is -1.42. The first-order valence-electron chi connectivity index (χ1n) is 10.0. The largest absolute Gasteiger partial charge is 0.478 e. The van der Waals surface area contributed by atoms with Crippen molar-refractivity contribution in [2.75, 3.05) is 51.3 Å². The fraction of sp³-hybridized carbons (Fsp3) is 0.476. The number of anilines is 1. The number of para-hydroxylation sites is 2. The van der Waals surface area contributed by atoms with Crippen LogP contribution in [0.25, 0.3) is 11.0 Å². The van der Waals surface area contributed by atoms with Crippen LogP contribution in [0.1, 0.15) is 13.3 Å². The number of likely N-dealkylation sites (N-methyl/N-ethyl adjacent to an activating group) is 1. The smallest absolute Gasteiger partial charge is 0.328 e. The molecule has 0 spiro atoms. The van der Waals surface area contributed by atoms with Crippen LogP contribution in [0.3, 0.4) is 0 Å². The van der Waals surface area contributed by atoms with Gasteiger partial charge in [0.25, 0.3) is 0 Å². The number of carboxylic acid groups (broad SMARTS) is 2. The Morgan fingerprint density at radius 3 is 2.47 bits per heavy atom. The normalized spacial score (nSPS) is 15.1. The van der Waals surface area contributed by atoms with Gasteiger partial charge < -0.3 is 29.3 Å². The molecule has 0 aliphatic carbocycles. The highest BCUT2D eigenvalue weighted by Crippen LogP contribution is 2.23. The van der Waals surface area contributed by atoms with Crippen LogP contribution in [0, 0.1) is 0 Å². The molecule has 9 nitrogen and oxygen atoms in total. The van der Waals surface area contributed by atoms with Gasteiger partial charge in [0, 0.05) is 44.9 Å². The van der Waals surface area contributed by atoms with Crippen LogP contribution in [-0.4, -0.2) is 83.0 Å². The van der Waals surface area contributed by atoms with Gasteiger partial charge in [0.2, 0.25) is 5.95 Å². The minimum absolute atomic E-state index is 0.558. The standard InChI is InChI=1S/C17H26N4O.C4H4O4/c1-3-22-14-13-21-16-8-5-4-7-15(16)18-17(21)20-10-6-9-19(2)11-12-20;5-3(6)1-2-4(7)8/h4-5,7-8H,3,6,9-14H2,1-2H3;1-2H,(H,5,6)(H,7,8)/b;2-1+. The Kier molecular flexibility index (Phi) is 9.30. The predicted octanol–water partition coefficient (Wildman–Crippen LogP) is 1.93. The molecule has 2 N–H and O–H groups in total. The first-order chi connectivity index (χ1) is 14.4. The van der Waals surface area contributed by atoms with Gasteiger partial charge in [-0.1, -0.05) is 12.1 Å². The zero-order valence-corrected chi connectivity index (χ0v) is 17.5. The number of carboxylic acids is 2. The average molecular weight is 418 g/mol. The van der Waals surface area contributed by atoms with Gasteiger partial charge >= 0.3 is 11.9 Å². The lowest BCUT2D eigenvalue weighted by atomic mass is 10.3. The van der Waals surface area contributed by atoms with Crippen LogP contribution in [0.2, 0.25) is 0 Å². The maximum absolute atomic E-state index is 9.55. The number of carbonyl (C=O) groups is 2. The lowest BCUT2D eigenvalue weighted by Gasteiger charge is -2.23. The summed E-state index contributed by atoms with van der Waals surface area (Å²) in [7, 11) is 2.20. The second kappa shape index (κ2) is 11.9. The molecule has 0 atom stereocenters. The molecule has 2 aromatic rings. The Morgan fingerprint density at radius 1 is 1.10 bits per heavy atom. The Morgan fingerprint density at radius 2 is 1.80 bits per heavy atom. The van der Waals surface area contributed by atoms with E-state index in [4.69, 9.17) is 19.9 Å². The number of benzene rings is 1. The Labute approximate surface area is 176 Å². The third-order valence-electron chi connectivity index (χ3n) is 4.67. The summed E-state index contributed by atoms with van der Waals surface area (Å²) in [6, 6.07) is 8.39. The van der Waals surface area contributed by atoms with E-state index in [-0.39, 0.29) is 0 Å². The lowest BCUT2D eigenvalue weighted by molar-refractivity contribution is -0.134. The zero-order valence-electron chi connectivity index (χ0n) is 17.5. The summed E-state index contributed by atoms with van der Waals surface area (Å²) in [5.41, 5.74) is 2.28. The quantitative estimate of drug-likeness (QED) is 0.519. The summed E-state index contributed by atoms with van der Waals surface area (Å²) in [6.45, 7) is 8.75. The van der Waals surface area contributed by atoms with Crippen molar-refractivity contribution >= 4 is 28.9 Å². The van der Waals surface area contributed by atoms with Crippen molar-refractivity contribution in [2.45, 2.75) is 19.9 Å². The molecule has 1 fully saturated rings. The number of imidazole rings is 1. The summed E-state index contributed by atoms with van der Waals surface area (Å²) >= 11 is 0. The van der Waals surface area contributed by atoms with Crippen LogP contribution >= 0.6 is 0 Å². The maximum Gasteiger partial charge on any atom is 0.328 e. The van der Waals surface area contributed by atoms with Crippen LogP contribution in [-0.2, 0) is 20.9 Å². The van der Waals surface area contributed by atoms with Crippen molar-refractivity contribution in [3.63, 3.8) is 0 Å². The first kappa shape index (κ1) is 23.4. The molecule has 164 valence electrons. The fourth-order valence-electron chi connectivity index (χ4n) is 3.21. The maximum atomic E-state index is 9.55. The van der Waals surface area contributed by atoms with Crippen molar-refractivity contribution in [2.24, 2.45) is 0 Å². The summed E-state index contributed by atoms with van der Waals surface area (Å²) in [5, 5.41) is 15.6. The highest BCUT2D eigenvalue weighted by Gasteiger charge is 2.19. The van der Waals surface area contributed by atoms with Gasteiger partial charge in [0.05, 0.1) is 17.6 Å². The number of ether oxygens (including phenoxy) is 1. The molecule has 1 aliphatic heterocycles.